The SMILES string of the molecule is CCCCC(CC)CNCC(O)COCC1CC1. The van der Waals surface area contributed by atoms with Gasteiger partial charge in [0.05, 0.1) is 12.7 Å². The first kappa shape index (κ1) is 15.9. The van der Waals surface area contributed by atoms with Crippen LogP contribution >= 0.6 is 0 Å². The largest absolute Gasteiger partial charge is 0.389 e. The molecule has 2 N–H and O–H groups in total. The summed E-state index contributed by atoms with van der Waals surface area (Å²) in [4.78, 5) is 0. The molecule has 1 saturated carbocycles. The zero-order valence-electron chi connectivity index (χ0n) is 12.2. The van der Waals surface area contributed by atoms with Crippen LogP contribution in [0, 0.1) is 11.8 Å². The van der Waals surface area contributed by atoms with E-state index in [1.54, 1.807) is 0 Å². The maximum atomic E-state index is 9.76. The van der Waals surface area contributed by atoms with Crippen molar-refractivity contribution in [1.29, 1.82) is 0 Å². The van der Waals surface area contributed by atoms with Gasteiger partial charge in [-0.3, -0.25) is 0 Å². The van der Waals surface area contributed by atoms with Crippen LogP contribution in [-0.4, -0.2) is 37.5 Å². The molecule has 3 heteroatoms. The number of hydrogen-bond acceptors (Lipinski definition) is 3. The van der Waals surface area contributed by atoms with Gasteiger partial charge in [-0.1, -0.05) is 33.1 Å². The lowest BCUT2D eigenvalue weighted by Crippen LogP contribution is -2.33. The standard InChI is InChI=1S/C15H31NO2/c1-3-5-6-13(4-2)9-16-10-15(17)12-18-11-14-7-8-14/h13-17H,3-12H2,1-2H3. The smallest absolute Gasteiger partial charge is 0.0897 e. The van der Waals surface area contributed by atoms with Gasteiger partial charge < -0.3 is 15.2 Å². The van der Waals surface area contributed by atoms with E-state index < -0.39 is 0 Å². The quantitative estimate of drug-likeness (QED) is 0.564. The van der Waals surface area contributed by atoms with Gasteiger partial charge in [0.25, 0.3) is 0 Å². The predicted octanol–water partition coefficient (Wildman–Crippen LogP) is 2.58. The second kappa shape index (κ2) is 9.76. The van der Waals surface area contributed by atoms with E-state index in [2.05, 4.69) is 19.2 Å². The molecule has 0 heterocycles. The van der Waals surface area contributed by atoms with Crippen molar-refractivity contribution >= 4 is 0 Å². The molecule has 0 radical (unpaired) electrons. The molecule has 1 fully saturated rings. The summed E-state index contributed by atoms with van der Waals surface area (Å²) in [6, 6.07) is 0. The molecule has 2 unspecified atom stereocenters. The Morgan fingerprint density at radius 2 is 2.06 bits per heavy atom. The Bertz CT molecular complexity index is 195. The van der Waals surface area contributed by atoms with Crippen molar-refractivity contribution in [2.45, 2.75) is 58.5 Å². The molecule has 0 amide bonds. The van der Waals surface area contributed by atoms with Gasteiger partial charge >= 0.3 is 0 Å². The van der Waals surface area contributed by atoms with E-state index in [4.69, 9.17) is 4.74 Å². The molecule has 1 aliphatic carbocycles. The third-order valence-corrected chi connectivity index (χ3v) is 3.72. The minimum Gasteiger partial charge on any atom is -0.389 e. The summed E-state index contributed by atoms with van der Waals surface area (Å²) in [6.45, 7) is 7.49. The summed E-state index contributed by atoms with van der Waals surface area (Å²) in [6.07, 6.45) is 7.37. The summed E-state index contributed by atoms with van der Waals surface area (Å²) in [5.74, 6) is 1.54. The Kier molecular flexibility index (Phi) is 8.64. The molecular weight excluding hydrogens is 226 g/mol. The third kappa shape index (κ3) is 8.06. The Morgan fingerprint density at radius 1 is 1.28 bits per heavy atom. The second-order valence-electron chi connectivity index (χ2n) is 5.71. The van der Waals surface area contributed by atoms with Crippen molar-refractivity contribution in [2.24, 2.45) is 11.8 Å². The fourth-order valence-electron chi connectivity index (χ4n) is 2.11. The summed E-state index contributed by atoms with van der Waals surface area (Å²) in [5.41, 5.74) is 0. The number of aliphatic hydroxyl groups excluding tert-OH is 1. The highest BCUT2D eigenvalue weighted by Gasteiger charge is 2.21. The van der Waals surface area contributed by atoms with Crippen LogP contribution < -0.4 is 5.32 Å². The van der Waals surface area contributed by atoms with E-state index in [0.29, 0.717) is 13.2 Å². The van der Waals surface area contributed by atoms with Crippen molar-refractivity contribution in [1.82, 2.24) is 5.32 Å². The van der Waals surface area contributed by atoms with Crippen LogP contribution in [0.15, 0.2) is 0 Å². The highest BCUT2D eigenvalue weighted by atomic mass is 16.5. The lowest BCUT2D eigenvalue weighted by Gasteiger charge is -2.17. The second-order valence-corrected chi connectivity index (χ2v) is 5.71. The van der Waals surface area contributed by atoms with E-state index in [-0.39, 0.29) is 6.10 Å². The first-order valence-corrected chi connectivity index (χ1v) is 7.72. The molecule has 0 bridgehead atoms. The number of nitrogens with one attached hydrogen (secondary N) is 1. The fraction of sp³-hybridized carbons (Fsp3) is 1.00. The van der Waals surface area contributed by atoms with Gasteiger partial charge in [0.2, 0.25) is 0 Å². The minimum atomic E-state index is -0.354. The Labute approximate surface area is 112 Å². The Morgan fingerprint density at radius 3 is 2.67 bits per heavy atom. The molecule has 0 aliphatic heterocycles. The average molecular weight is 257 g/mol. The number of rotatable bonds is 12. The van der Waals surface area contributed by atoms with Gasteiger partial charge in [-0.2, -0.15) is 0 Å². The van der Waals surface area contributed by atoms with E-state index in [1.165, 1.54) is 38.5 Å². The summed E-state index contributed by atoms with van der Waals surface area (Å²) in [5, 5.41) is 13.1. The fourth-order valence-corrected chi connectivity index (χ4v) is 2.11. The number of ether oxygens (including phenoxy) is 1. The van der Waals surface area contributed by atoms with Crippen molar-refractivity contribution in [3.63, 3.8) is 0 Å². The van der Waals surface area contributed by atoms with Gasteiger partial charge in [0.1, 0.15) is 0 Å². The van der Waals surface area contributed by atoms with Crippen LogP contribution in [0.2, 0.25) is 0 Å². The van der Waals surface area contributed by atoms with Crippen molar-refractivity contribution in [3.05, 3.63) is 0 Å². The van der Waals surface area contributed by atoms with E-state index in [9.17, 15) is 5.11 Å². The monoisotopic (exact) mass is 257 g/mol. The maximum absolute atomic E-state index is 9.76. The van der Waals surface area contributed by atoms with Crippen LogP contribution in [0.5, 0.6) is 0 Å². The normalized spacial score (nSPS) is 18.8. The number of unbranched alkanes of at least 4 members (excludes halogenated alkanes) is 1. The molecule has 0 aromatic heterocycles. The Balaban J connectivity index is 1.93. The van der Waals surface area contributed by atoms with Crippen LogP contribution in [0.25, 0.3) is 0 Å². The zero-order chi connectivity index (χ0) is 13.2. The lowest BCUT2D eigenvalue weighted by atomic mass is 9.99. The molecular formula is C15H31NO2. The molecule has 3 nitrogen and oxygen atoms in total. The lowest BCUT2D eigenvalue weighted by molar-refractivity contribution is 0.0321. The molecule has 0 aromatic rings. The highest BCUT2D eigenvalue weighted by Crippen LogP contribution is 2.28. The topological polar surface area (TPSA) is 41.5 Å². The number of aliphatic hydroxyl groups is 1. The van der Waals surface area contributed by atoms with Crippen LogP contribution in [0.3, 0.4) is 0 Å². The van der Waals surface area contributed by atoms with E-state index in [0.717, 1.165) is 25.0 Å². The van der Waals surface area contributed by atoms with Crippen LogP contribution in [0.1, 0.15) is 52.4 Å². The molecule has 108 valence electrons. The van der Waals surface area contributed by atoms with Crippen molar-refractivity contribution in [2.75, 3.05) is 26.3 Å². The molecule has 0 aromatic carbocycles. The van der Waals surface area contributed by atoms with Crippen LogP contribution in [-0.2, 0) is 4.74 Å². The highest BCUT2D eigenvalue weighted by molar-refractivity contribution is 4.72. The molecule has 1 rings (SSSR count). The summed E-state index contributed by atoms with van der Waals surface area (Å²) in [7, 11) is 0. The van der Waals surface area contributed by atoms with Gasteiger partial charge in [0.15, 0.2) is 0 Å². The summed E-state index contributed by atoms with van der Waals surface area (Å²) < 4.78 is 5.48. The van der Waals surface area contributed by atoms with Gasteiger partial charge in [0, 0.05) is 13.2 Å². The minimum absolute atomic E-state index is 0.354. The van der Waals surface area contributed by atoms with Gasteiger partial charge in [-0.05, 0) is 37.6 Å². The first-order valence-electron chi connectivity index (χ1n) is 7.72. The van der Waals surface area contributed by atoms with Crippen molar-refractivity contribution in [3.8, 4) is 0 Å². The van der Waals surface area contributed by atoms with E-state index in [1.807, 2.05) is 0 Å². The maximum Gasteiger partial charge on any atom is 0.0897 e. The molecule has 2 atom stereocenters. The molecule has 1 aliphatic rings. The molecule has 18 heavy (non-hydrogen) atoms. The molecule has 0 spiro atoms. The Hall–Kier alpha value is -0.120. The average Bonchev–Trinajstić information content (AvgIpc) is 3.17. The summed E-state index contributed by atoms with van der Waals surface area (Å²) >= 11 is 0. The van der Waals surface area contributed by atoms with Gasteiger partial charge in [-0.25, -0.2) is 0 Å². The predicted molar refractivity (Wildman–Crippen MR) is 75.7 cm³/mol. The van der Waals surface area contributed by atoms with Crippen molar-refractivity contribution < 1.29 is 9.84 Å². The number of hydrogen-bond donors (Lipinski definition) is 2. The van der Waals surface area contributed by atoms with Crippen LogP contribution in [0.4, 0.5) is 0 Å². The zero-order valence-corrected chi connectivity index (χ0v) is 12.2. The third-order valence-electron chi connectivity index (χ3n) is 3.72. The molecule has 0 saturated heterocycles. The first-order chi connectivity index (χ1) is 8.76. The van der Waals surface area contributed by atoms with E-state index >= 15 is 0 Å². The van der Waals surface area contributed by atoms with Gasteiger partial charge in [-0.15, -0.1) is 0 Å².